The van der Waals surface area contributed by atoms with Gasteiger partial charge in [0.2, 0.25) is 5.76 Å². The zero-order valence-corrected chi connectivity index (χ0v) is 16.5. The summed E-state index contributed by atoms with van der Waals surface area (Å²) in [4.78, 5) is 39.9. The molecule has 0 saturated heterocycles. The van der Waals surface area contributed by atoms with Crippen LogP contribution in [0.5, 0.6) is 0 Å². The topological polar surface area (TPSA) is 110 Å². The third-order valence-corrected chi connectivity index (χ3v) is 5.09. The molecule has 0 bridgehead atoms. The number of rotatable bonds is 7. The highest BCUT2D eigenvalue weighted by atomic mass is 32.1. The first-order chi connectivity index (χ1) is 13.9. The van der Waals surface area contributed by atoms with Gasteiger partial charge in [-0.2, -0.15) is 5.26 Å². The van der Waals surface area contributed by atoms with Crippen molar-refractivity contribution in [3.63, 3.8) is 0 Å². The van der Waals surface area contributed by atoms with Crippen molar-refractivity contribution in [3.05, 3.63) is 63.8 Å². The fraction of sp³-hybridized carbons (Fsp3) is 0.190. The Morgan fingerprint density at radius 1 is 1.21 bits per heavy atom. The molecule has 0 amide bonds. The van der Waals surface area contributed by atoms with Crippen LogP contribution in [0.25, 0.3) is 11.3 Å². The molecule has 0 saturated carbocycles. The second-order valence-corrected chi connectivity index (χ2v) is 7.12. The standard InChI is InChI=1S/C21H16N2O5S/c1-12-11-29-20(23-12)16(9-22)17(25)10-27-21(26)19-8-7-18(28-19)15-5-3-14(4-6-15)13(2)24/h3-8,11,16H,10H2,1-2H3/t16-/m1/s1. The smallest absolute Gasteiger partial charge is 0.374 e. The lowest BCUT2D eigenvalue weighted by Gasteiger charge is -2.05. The van der Waals surface area contributed by atoms with Crippen molar-refractivity contribution in [3.8, 4) is 17.4 Å². The van der Waals surface area contributed by atoms with E-state index in [9.17, 15) is 19.6 Å². The molecule has 29 heavy (non-hydrogen) atoms. The van der Waals surface area contributed by atoms with E-state index in [1.807, 2.05) is 6.07 Å². The number of carbonyl (C=O) groups is 3. The van der Waals surface area contributed by atoms with Gasteiger partial charge in [0, 0.05) is 22.2 Å². The lowest BCUT2D eigenvalue weighted by molar-refractivity contribution is -0.122. The van der Waals surface area contributed by atoms with Crippen LogP contribution in [-0.4, -0.2) is 29.1 Å². The van der Waals surface area contributed by atoms with E-state index in [4.69, 9.17) is 9.15 Å². The number of ketones is 2. The van der Waals surface area contributed by atoms with Crippen LogP contribution in [0.1, 0.15) is 44.5 Å². The number of hydrogen-bond donors (Lipinski definition) is 0. The number of esters is 1. The Labute approximate surface area is 170 Å². The molecule has 2 heterocycles. The molecule has 0 unspecified atom stereocenters. The van der Waals surface area contributed by atoms with Gasteiger partial charge in [-0.3, -0.25) is 9.59 Å². The number of carbonyl (C=O) groups excluding carboxylic acids is 3. The molecule has 0 aliphatic rings. The molecule has 0 spiro atoms. The van der Waals surface area contributed by atoms with Crippen molar-refractivity contribution in [2.45, 2.75) is 19.8 Å². The van der Waals surface area contributed by atoms with Gasteiger partial charge in [-0.25, -0.2) is 9.78 Å². The van der Waals surface area contributed by atoms with Gasteiger partial charge in [0.05, 0.1) is 6.07 Å². The maximum absolute atomic E-state index is 12.2. The van der Waals surface area contributed by atoms with Crippen LogP contribution in [0, 0.1) is 18.3 Å². The summed E-state index contributed by atoms with van der Waals surface area (Å²) in [5, 5.41) is 11.4. The average Bonchev–Trinajstić information content (AvgIpc) is 3.36. The van der Waals surface area contributed by atoms with Crippen LogP contribution in [0.15, 0.2) is 46.2 Å². The molecule has 7 nitrogen and oxygen atoms in total. The van der Waals surface area contributed by atoms with E-state index in [2.05, 4.69) is 4.98 Å². The molecule has 146 valence electrons. The molecule has 0 N–H and O–H groups in total. The number of aryl methyl sites for hydroxylation is 1. The summed E-state index contributed by atoms with van der Waals surface area (Å²) < 4.78 is 10.5. The largest absolute Gasteiger partial charge is 0.452 e. The molecular formula is C21H16N2O5S. The maximum atomic E-state index is 12.2. The summed E-state index contributed by atoms with van der Waals surface area (Å²) in [6, 6.07) is 11.7. The fourth-order valence-corrected chi connectivity index (χ4v) is 3.39. The Kier molecular flexibility index (Phi) is 6.00. The van der Waals surface area contributed by atoms with Crippen LogP contribution >= 0.6 is 11.3 Å². The van der Waals surface area contributed by atoms with Crippen molar-refractivity contribution in [1.29, 1.82) is 5.26 Å². The lowest BCUT2D eigenvalue weighted by Crippen LogP contribution is -2.19. The van der Waals surface area contributed by atoms with Gasteiger partial charge in [0.25, 0.3) is 0 Å². The van der Waals surface area contributed by atoms with Gasteiger partial charge in [-0.15, -0.1) is 11.3 Å². The Balaban J connectivity index is 1.63. The summed E-state index contributed by atoms with van der Waals surface area (Å²) in [7, 11) is 0. The second-order valence-electron chi connectivity index (χ2n) is 6.23. The molecule has 8 heteroatoms. The highest BCUT2D eigenvalue weighted by Gasteiger charge is 2.25. The predicted octanol–water partition coefficient (Wildman–Crippen LogP) is 3.95. The number of aromatic nitrogens is 1. The van der Waals surface area contributed by atoms with Crippen LogP contribution in [0.2, 0.25) is 0 Å². The number of nitriles is 1. The number of Topliss-reactive ketones (excluding diaryl/α,β-unsaturated/α-hetero) is 2. The number of hydrogen-bond acceptors (Lipinski definition) is 8. The Morgan fingerprint density at radius 3 is 2.52 bits per heavy atom. The summed E-state index contributed by atoms with van der Waals surface area (Å²) in [5.74, 6) is -2.13. The maximum Gasteiger partial charge on any atom is 0.374 e. The van der Waals surface area contributed by atoms with Gasteiger partial charge >= 0.3 is 5.97 Å². The fourth-order valence-electron chi connectivity index (χ4n) is 2.53. The van der Waals surface area contributed by atoms with Crippen molar-refractivity contribution < 1.29 is 23.5 Å². The molecule has 0 aliphatic carbocycles. The van der Waals surface area contributed by atoms with Crippen molar-refractivity contribution in [2.24, 2.45) is 0 Å². The number of nitrogens with zero attached hydrogens (tertiary/aromatic N) is 2. The minimum absolute atomic E-state index is 0.0477. The zero-order valence-electron chi connectivity index (χ0n) is 15.7. The van der Waals surface area contributed by atoms with E-state index in [0.717, 1.165) is 5.69 Å². The van der Waals surface area contributed by atoms with Crippen LogP contribution in [0.3, 0.4) is 0 Å². The number of furan rings is 1. The Morgan fingerprint density at radius 2 is 1.93 bits per heavy atom. The summed E-state index contributed by atoms with van der Waals surface area (Å²) in [6.45, 7) is 2.68. The van der Waals surface area contributed by atoms with E-state index in [-0.39, 0.29) is 11.5 Å². The van der Waals surface area contributed by atoms with E-state index in [1.54, 1.807) is 42.6 Å². The number of ether oxygens (including phenoxy) is 1. The lowest BCUT2D eigenvalue weighted by atomic mass is 10.1. The number of benzene rings is 1. The predicted molar refractivity (Wildman–Crippen MR) is 105 cm³/mol. The normalized spacial score (nSPS) is 11.5. The minimum Gasteiger partial charge on any atom is -0.452 e. The van der Waals surface area contributed by atoms with Gasteiger partial charge in [0.1, 0.15) is 10.8 Å². The Bertz CT molecular complexity index is 1100. The second kappa shape index (κ2) is 8.63. The van der Waals surface area contributed by atoms with E-state index in [0.29, 0.717) is 21.9 Å². The first kappa shape index (κ1) is 20.2. The van der Waals surface area contributed by atoms with E-state index in [1.165, 1.54) is 24.3 Å². The monoisotopic (exact) mass is 408 g/mol. The summed E-state index contributed by atoms with van der Waals surface area (Å²) >= 11 is 1.21. The third kappa shape index (κ3) is 4.65. The van der Waals surface area contributed by atoms with Crippen molar-refractivity contribution >= 4 is 28.9 Å². The molecule has 1 atom stereocenters. The summed E-state index contributed by atoms with van der Waals surface area (Å²) in [5.41, 5.74) is 1.98. The van der Waals surface area contributed by atoms with Gasteiger partial charge in [0.15, 0.2) is 24.1 Å². The van der Waals surface area contributed by atoms with E-state index >= 15 is 0 Å². The first-order valence-electron chi connectivity index (χ1n) is 8.61. The molecule has 3 rings (SSSR count). The molecule has 0 radical (unpaired) electrons. The van der Waals surface area contributed by atoms with Crippen LogP contribution in [-0.2, 0) is 9.53 Å². The quantitative estimate of drug-likeness (QED) is 0.430. The Hall–Kier alpha value is -3.57. The summed E-state index contributed by atoms with van der Waals surface area (Å²) in [6.07, 6.45) is 0. The van der Waals surface area contributed by atoms with Crippen molar-refractivity contribution in [2.75, 3.05) is 6.61 Å². The molecular weight excluding hydrogens is 392 g/mol. The first-order valence-corrected chi connectivity index (χ1v) is 9.49. The molecule has 0 aliphatic heterocycles. The third-order valence-electron chi connectivity index (χ3n) is 4.06. The minimum atomic E-state index is -1.08. The molecule has 3 aromatic rings. The van der Waals surface area contributed by atoms with Crippen molar-refractivity contribution in [1.82, 2.24) is 4.98 Å². The molecule has 2 aromatic heterocycles. The van der Waals surface area contributed by atoms with E-state index < -0.39 is 24.3 Å². The van der Waals surface area contributed by atoms with Gasteiger partial charge in [-0.05, 0) is 26.0 Å². The average molecular weight is 408 g/mol. The number of thiazole rings is 1. The van der Waals surface area contributed by atoms with Crippen LogP contribution in [0.4, 0.5) is 0 Å². The van der Waals surface area contributed by atoms with Crippen LogP contribution < -0.4 is 0 Å². The zero-order chi connectivity index (χ0) is 21.0. The molecule has 1 aromatic carbocycles. The molecule has 0 fully saturated rings. The highest BCUT2D eigenvalue weighted by molar-refractivity contribution is 7.09. The highest BCUT2D eigenvalue weighted by Crippen LogP contribution is 2.24. The SMILES string of the molecule is CC(=O)c1ccc(-c2ccc(C(=O)OCC(=O)[C@@H](C#N)c3nc(C)cs3)o2)cc1. The van der Waals surface area contributed by atoms with Gasteiger partial charge in [-0.1, -0.05) is 24.3 Å². The van der Waals surface area contributed by atoms with Gasteiger partial charge < -0.3 is 9.15 Å².